The molecule has 2 heterocycles. The molecule has 1 fully saturated rings. The lowest BCUT2D eigenvalue weighted by molar-refractivity contribution is 0.0699. The predicted octanol–water partition coefficient (Wildman–Crippen LogP) is 1.84. The van der Waals surface area contributed by atoms with Crippen molar-refractivity contribution in [2.45, 2.75) is 25.7 Å². The van der Waals surface area contributed by atoms with E-state index in [0.717, 1.165) is 18.5 Å². The van der Waals surface area contributed by atoms with Gasteiger partial charge in [-0.25, -0.2) is 14.8 Å². The molecule has 2 aromatic rings. The summed E-state index contributed by atoms with van der Waals surface area (Å²) in [7, 11) is 0. The number of rotatable bonds is 2. The van der Waals surface area contributed by atoms with Crippen LogP contribution in [0.2, 0.25) is 0 Å². The van der Waals surface area contributed by atoms with Crippen molar-refractivity contribution in [1.29, 1.82) is 0 Å². The van der Waals surface area contributed by atoms with Gasteiger partial charge in [-0.15, -0.1) is 0 Å². The summed E-state index contributed by atoms with van der Waals surface area (Å²) in [5, 5.41) is 9.77. The van der Waals surface area contributed by atoms with Gasteiger partial charge in [-0.3, -0.25) is 0 Å². The molecule has 0 spiro atoms. The van der Waals surface area contributed by atoms with Gasteiger partial charge < -0.3 is 10.1 Å². The number of carbonyl (C=O) groups is 1. The first-order valence-corrected chi connectivity index (χ1v) is 5.25. The van der Waals surface area contributed by atoms with Crippen molar-refractivity contribution in [3.8, 4) is 0 Å². The molecule has 5 nitrogen and oxygen atoms in total. The summed E-state index contributed by atoms with van der Waals surface area (Å²) in [5.41, 5.74) is 1.80. The summed E-state index contributed by atoms with van der Waals surface area (Å²) in [6.07, 6.45) is 3.68. The van der Waals surface area contributed by atoms with Crippen LogP contribution in [0.3, 0.4) is 0 Å². The van der Waals surface area contributed by atoms with E-state index in [4.69, 9.17) is 5.11 Å². The lowest BCUT2D eigenvalue weighted by Gasteiger charge is -2.02. The third-order valence-electron chi connectivity index (χ3n) is 2.87. The van der Waals surface area contributed by atoms with Gasteiger partial charge in [0.05, 0.1) is 16.6 Å². The highest BCUT2D eigenvalue weighted by molar-refractivity contribution is 6.03. The minimum absolute atomic E-state index is 0.275. The Morgan fingerprint density at radius 1 is 1.50 bits per heavy atom. The molecule has 0 amide bonds. The number of aromatic nitrogens is 3. The van der Waals surface area contributed by atoms with Gasteiger partial charge >= 0.3 is 5.97 Å². The second-order valence-corrected chi connectivity index (χ2v) is 4.16. The van der Waals surface area contributed by atoms with Gasteiger partial charge in [0.15, 0.2) is 0 Å². The molecule has 5 heteroatoms. The first kappa shape index (κ1) is 9.33. The predicted molar refractivity (Wildman–Crippen MR) is 57.6 cm³/mol. The van der Waals surface area contributed by atoms with Gasteiger partial charge in [0, 0.05) is 12.1 Å². The molecule has 16 heavy (non-hydrogen) atoms. The number of carboxylic acid groups (broad SMARTS) is 1. The molecule has 2 aromatic heterocycles. The van der Waals surface area contributed by atoms with Crippen LogP contribution in [0.4, 0.5) is 0 Å². The van der Waals surface area contributed by atoms with Gasteiger partial charge in [0.25, 0.3) is 0 Å². The summed E-state index contributed by atoms with van der Waals surface area (Å²) in [4.78, 5) is 22.6. The van der Waals surface area contributed by atoms with Gasteiger partial charge in [-0.2, -0.15) is 0 Å². The zero-order valence-corrected chi connectivity index (χ0v) is 8.82. The average molecular weight is 217 g/mol. The molecule has 3 rings (SSSR count). The first-order valence-electron chi connectivity index (χ1n) is 5.25. The highest BCUT2D eigenvalue weighted by atomic mass is 16.4. The van der Waals surface area contributed by atoms with Crippen LogP contribution in [0.5, 0.6) is 0 Å². The molecule has 1 saturated carbocycles. The van der Waals surface area contributed by atoms with Crippen LogP contribution in [-0.4, -0.2) is 26.0 Å². The molecule has 0 radical (unpaired) electrons. The van der Waals surface area contributed by atoms with E-state index < -0.39 is 5.97 Å². The fourth-order valence-corrected chi connectivity index (χ4v) is 2.00. The zero-order valence-electron chi connectivity index (χ0n) is 8.82. The van der Waals surface area contributed by atoms with Crippen LogP contribution in [0, 0.1) is 6.92 Å². The Morgan fingerprint density at radius 3 is 2.88 bits per heavy atom. The van der Waals surface area contributed by atoms with Gasteiger partial charge in [0.1, 0.15) is 11.5 Å². The third kappa shape index (κ3) is 1.28. The number of hydrogen-bond acceptors (Lipinski definition) is 3. The highest BCUT2D eigenvalue weighted by Gasteiger charge is 2.30. The Kier molecular flexibility index (Phi) is 1.77. The second-order valence-electron chi connectivity index (χ2n) is 4.16. The third-order valence-corrected chi connectivity index (χ3v) is 2.87. The quantitative estimate of drug-likeness (QED) is 0.804. The summed E-state index contributed by atoms with van der Waals surface area (Å²) < 4.78 is 0. The fraction of sp³-hybridized carbons (Fsp3) is 0.364. The molecule has 82 valence electrons. The van der Waals surface area contributed by atoms with Crippen molar-refractivity contribution in [3.63, 3.8) is 0 Å². The first-order chi connectivity index (χ1) is 7.66. The van der Waals surface area contributed by atoms with Crippen LogP contribution in [0.15, 0.2) is 6.20 Å². The second kappa shape index (κ2) is 3.04. The van der Waals surface area contributed by atoms with Gasteiger partial charge in [-0.05, 0) is 19.8 Å². The van der Waals surface area contributed by atoms with Crippen molar-refractivity contribution >= 4 is 17.0 Å². The smallest absolute Gasteiger partial charge is 0.338 e. The topological polar surface area (TPSA) is 78.9 Å². The Bertz CT molecular complexity index is 584. The molecule has 0 aromatic carbocycles. The van der Waals surface area contributed by atoms with Crippen molar-refractivity contribution in [3.05, 3.63) is 23.3 Å². The summed E-state index contributed by atoms with van der Waals surface area (Å²) >= 11 is 0. The van der Waals surface area contributed by atoms with Crippen molar-refractivity contribution in [2.75, 3.05) is 0 Å². The Labute approximate surface area is 91.5 Å². The zero-order chi connectivity index (χ0) is 11.3. The van der Waals surface area contributed by atoms with E-state index in [-0.39, 0.29) is 5.56 Å². The number of aromatic carboxylic acids is 1. The molecular weight excluding hydrogens is 206 g/mol. The normalized spacial score (nSPS) is 15.6. The summed E-state index contributed by atoms with van der Waals surface area (Å²) in [6, 6.07) is 0. The van der Waals surface area contributed by atoms with Crippen LogP contribution in [0.25, 0.3) is 11.0 Å². The molecule has 1 aliphatic carbocycles. The summed E-state index contributed by atoms with van der Waals surface area (Å²) in [5.74, 6) is 0.173. The standard InChI is InChI=1S/C11H11N3O2/c1-5-13-9(6-2-3-6)8-7(11(15)16)4-12-10(8)14-5/h4,6H,2-3H2,1H3,(H,15,16)(H,12,13,14). The monoisotopic (exact) mass is 217 g/mol. The van der Waals surface area contributed by atoms with Crippen molar-refractivity contribution < 1.29 is 9.90 Å². The maximum atomic E-state index is 11.1. The van der Waals surface area contributed by atoms with E-state index in [1.165, 1.54) is 6.20 Å². The number of hydrogen-bond donors (Lipinski definition) is 2. The molecule has 0 bridgehead atoms. The van der Waals surface area contributed by atoms with Gasteiger partial charge in [-0.1, -0.05) is 0 Å². The van der Waals surface area contributed by atoms with Crippen molar-refractivity contribution in [1.82, 2.24) is 15.0 Å². The highest BCUT2D eigenvalue weighted by Crippen LogP contribution is 2.42. The number of H-pyrrole nitrogens is 1. The van der Waals surface area contributed by atoms with Crippen molar-refractivity contribution in [2.24, 2.45) is 0 Å². The average Bonchev–Trinajstić information content (AvgIpc) is 2.97. The van der Waals surface area contributed by atoms with E-state index in [2.05, 4.69) is 15.0 Å². The van der Waals surface area contributed by atoms with Crippen LogP contribution >= 0.6 is 0 Å². The van der Waals surface area contributed by atoms with E-state index >= 15 is 0 Å². The number of carboxylic acids is 1. The number of nitrogens with one attached hydrogen (secondary N) is 1. The van der Waals surface area contributed by atoms with E-state index in [9.17, 15) is 4.79 Å². The minimum atomic E-state index is -0.930. The Morgan fingerprint density at radius 2 is 2.25 bits per heavy atom. The van der Waals surface area contributed by atoms with Crippen LogP contribution < -0.4 is 0 Å². The fourth-order valence-electron chi connectivity index (χ4n) is 2.00. The summed E-state index contributed by atoms with van der Waals surface area (Å²) in [6.45, 7) is 1.83. The molecule has 0 aliphatic heterocycles. The minimum Gasteiger partial charge on any atom is -0.478 e. The SMILES string of the molecule is Cc1nc(C2CC2)c2c(C(=O)O)c[nH]c2n1. The molecule has 0 unspecified atom stereocenters. The Balaban J connectivity index is 2.35. The number of nitrogens with zero attached hydrogens (tertiary/aromatic N) is 2. The molecule has 2 N–H and O–H groups in total. The Hall–Kier alpha value is -1.91. The lowest BCUT2D eigenvalue weighted by atomic mass is 10.1. The molecule has 1 aliphatic rings. The number of aromatic amines is 1. The number of fused-ring (bicyclic) bond motifs is 1. The largest absolute Gasteiger partial charge is 0.478 e. The molecule has 0 atom stereocenters. The maximum Gasteiger partial charge on any atom is 0.338 e. The maximum absolute atomic E-state index is 11.1. The van der Waals surface area contributed by atoms with Gasteiger partial charge in [0.2, 0.25) is 0 Å². The van der Waals surface area contributed by atoms with Crippen LogP contribution in [0.1, 0.15) is 40.6 Å². The van der Waals surface area contributed by atoms with E-state index in [0.29, 0.717) is 22.8 Å². The van der Waals surface area contributed by atoms with E-state index in [1.54, 1.807) is 0 Å². The van der Waals surface area contributed by atoms with E-state index in [1.807, 2.05) is 6.92 Å². The molecule has 0 saturated heterocycles. The molecular formula is C11H11N3O2. The number of aryl methyl sites for hydroxylation is 1. The van der Waals surface area contributed by atoms with Crippen LogP contribution in [-0.2, 0) is 0 Å². The lowest BCUT2D eigenvalue weighted by Crippen LogP contribution is -2.00.